The van der Waals surface area contributed by atoms with Gasteiger partial charge >= 0.3 is 0 Å². The van der Waals surface area contributed by atoms with E-state index in [2.05, 4.69) is 6.92 Å². The van der Waals surface area contributed by atoms with Crippen molar-refractivity contribution in [1.29, 1.82) is 0 Å². The fourth-order valence-electron chi connectivity index (χ4n) is 7.13. The molecule has 2 aliphatic carbocycles. The van der Waals surface area contributed by atoms with Crippen molar-refractivity contribution in [3.05, 3.63) is 11.1 Å². The molecule has 0 saturated heterocycles. The molecule has 0 unspecified atom stereocenters. The van der Waals surface area contributed by atoms with Gasteiger partial charge in [-0.3, -0.25) is 14.5 Å². The van der Waals surface area contributed by atoms with Crippen molar-refractivity contribution in [3.63, 3.8) is 0 Å². The van der Waals surface area contributed by atoms with Gasteiger partial charge in [0.1, 0.15) is 0 Å². The van der Waals surface area contributed by atoms with Crippen LogP contribution < -0.4 is 0 Å². The van der Waals surface area contributed by atoms with Gasteiger partial charge in [0.25, 0.3) is 11.8 Å². The van der Waals surface area contributed by atoms with E-state index in [1.807, 2.05) is 6.92 Å². The molecule has 1 heterocycles. The van der Waals surface area contributed by atoms with Gasteiger partial charge in [-0.05, 0) is 31.6 Å². The molecule has 0 N–H and O–H groups in total. The third kappa shape index (κ3) is 9.88. The van der Waals surface area contributed by atoms with Crippen molar-refractivity contribution in [2.75, 3.05) is 6.54 Å². The van der Waals surface area contributed by atoms with Crippen LogP contribution >= 0.6 is 0 Å². The Balaban J connectivity index is 1.66. The Morgan fingerprint density at radius 2 is 0.946 bits per heavy atom. The van der Waals surface area contributed by atoms with E-state index in [0.29, 0.717) is 24.1 Å². The van der Waals surface area contributed by atoms with Crippen LogP contribution in [-0.2, 0) is 9.59 Å². The van der Waals surface area contributed by atoms with Crippen LogP contribution in [0.15, 0.2) is 11.1 Å². The summed E-state index contributed by atoms with van der Waals surface area (Å²) in [7, 11) is 7.07. The van der Waals surface area contributed by atoms with Gasteiger partial charge in [-0.1, -0.05) is 147 Å². The average Bonchev–Trinajstić information content (AvgIpc) is 3.06. The number of hydrogen-bond donors (Lipinski definition) is 0. The molecular formula is C33H56BNO2. The van der Waals surface area contributed by atoms with E-state index in [9.17, 15) is 9.59 Å². The summed E-state index contributed by atoms with van der Waals surface area (Å²) in [6.07, 6.45) is 29.1. The first-order valence-corrected chi connectivity index (χ1v) is 16.2. The zero-order valence-corrected chi connectivity index (χ0v) is 24.5. The number of rotatable bonds is 4. The van der Waals surface area contributed by atoms with Gasteiger partial charge in [0, 0.05) is 17.7 Å². The third-order valence-electron chi connectivity index (χ3n) is 9.75. The quantitative estimate of drug-likeness (QED) is 0.280. The maximum Gasteiger partial charge on any atom is 0.257 e. The van der Waals surface area contributed by atoms with Crippen LogP contribution in [0.5, 0.6) is 0 Å². The Morgan fingerprint density at radius 1 is 0.595 bits per heavy atom. The first-order valence-electron chi connectivity index (χ1n) is 16.2. The minimum Gasteiger partial charge on any atom is -0.274 e. The smallest absolute Gasteiger partial charge is 0.257 e. The van der Waals surface area contributed by atoms with Crippen molar-refractivity contribution in [1.82, 2.24) is 4.90 Å². The lowest BCUT2D eigenvalue weighted by molar-refractivity contribution is -0.139. The maximum atomic E-state index is 13.7. The van der Waals surface area contributed by atoms with E-state index in [0.717, 1.165) is 38.5 Å². The van der Waals surface area contributed by atoms with Crippen LogP contribution in [0.3, 0.4) is 0 Å². The third-order valence-corrected chi connectivity index (χ3v) is 9.75. The summed E-state index contributed by atoms with van der Waals surface area (Å²) in [4.78, 5) is 28.8. The summed E-state index contributed by atoms with van der Waals surface area (Å²) in [6, 6.07) is 0. The monoisotopic (exact) mass is 509 g/mol. The highest BCUT2D eigenvalue weighted by Crippen LogP contribution is 2.45. The predicted molar refractivity (Wildman–Crippen MR) is 157 cm³/mol. The Labute approximate surface area is 230 Å². The minimum absolute atomic E-state index is 0.0202. The Hall–Kier alpha value is -1.06. The zero-order chi connectivity index (χ0) is 26.6. The fourth-order valence-corrected chi connectivity index (χ4v) is 7.13. The number of hydrogen-bond acceptors (Lipinski definition) is 2. The topological polar surface area (TPSA) is 37.4 Å². The number of amides is 2. The van der Waals surface area contributed by atoms with Gasteiger partial charge in [0.15, 0.2) is 0 Å². The van der Waals surface area contributed by atoms with Gasteiger partial charge < -0.3 is 0 Å². The standard InChI is InChI=1S/C33H56BNO2/c1-28-29(26-33(34)24-20-16-12-8-3-4-9-13-17-21-25-33)31(37)35(30(28)36)27-32(2)22-18-14-10-6-5-7-11-15-19-23-32/h3-27H2,1-2H3. The first kappa shape index (κ1) is 30.5. The van der Waals surface area contributed by atoms with Gasteiger partial charge in [-0.15, -0.1) is 0 Å². The molecule has 0 spiro atoms. The average molecular weight is 510 g/mol. The molecular weight excluding hydrogens is 453 g/mol. The molecule has 0 aromatic heterocycles. The molecule has 208 valence electrons. The molecule has 2 saturated carbocycles. The summed E-state index contributed by atoms with van der Waals surface area (Å²) in [5.41, 5.74) is 1.40. The van der Waals surface area contributed by atoms with Crippen LogP contribution in [0, 0.1) is 5.41 Å². The highest BCUT2D eigenvalue weighted by Gasteiger charge is 2.41. The molecule has 3 nitrogen and oxygen atoms in total. The van der Waals surface area contributed by atoms with Crippen LogP contribution in [0.4, 0.5) is 0 Å². The highest BCUT2D eigenvalue weighted by molar-refractivity contribution is 6.21. The SMILES string of the molecule is [B]C1(CC2=C(C)C(=O)N(CC3(C)CCCCCCCCCCC3)C2=O)CCCCCCCCCCCC1. The minimum atomic E-state index is -0.367. The van der Waals surface area contributed by atoms with E-state index < -0.39 is 0 Å². The summed E-state index contributed by atoms with van der Waals surface area (Å²) >= 11 is 0. The lowest BCUT2D eigenvalue weighted by Gasteiger charge is -2.34. The Kier molecular flexibility index (Phi) is 12.8. The van der Waals surface area contributed by atoms with Crippen molar-refractivity contribution in [2.24, 2.45) is 5.41 Å². The summed E-state index contributed by atoms with van der Waals surface area (Å²) < 4.78 is 0. The summed E-state index contributed by atoms with van der Waals surface area (Å²) in [5.74, 6) is -0.0943. The normalized spacial score (nSPS) is 25.9. The summed E-state index contributed by atoms with van der Waals surface area (Å²) in [5, 5.41) is -0.367. The van der Waals surface area contributed by atoms with Crippen LogP contribution in [0.25, 0.3) is 0 Å². The molecule has 0 bridgehead atoms. The second kappa shape index (κ2) is 15.5. The van der Waals surface area contributed by atoms with Crippen LogP contribution in [-0.4, -0.2) is 31.1 Å². The Morgan fingerprint density at radius 3 is 1.35 bits per heavy atom. The van der Waals surface area contributed by atoms with Crippen LogP contribution in [0.1, 0.15) is 168 Å². The van der Waals surface area contributed by atoms with Gasteiger partial charge in [0.05, 0.1) is 7.85 Å². The summed E-state index contributed by atoms with van der Waals surface area (Å²) in [6.45, 7) is 4.78. The molecule has 0 aromatic carbocycles. The molecule has 2 fully saturated rings. The molecule has 2 radical (unpaired) electrons. The number of imide groups is 1. The first-order chi connectivity index (χ1) is 17.8. The number of nitrogens with zero attached hydrogens (tertiary/aromatic N) is 1. The van der Waals surface area contributed by atoms with E-state index in [-0.39, 0.29) is 22.5 Å². The molecule has 2 amide bonds. The van der Waals surface area contributed by atoms with Crippen molar-refractivity contribution >= 4 is 19.7 Å². The molecule has 3 rings (SSSR count). The van der Waals surface area contributed by atoms with Gasteiger partial charge in [0.2, 0.25) is 0 Å². The molecule has 3 aliphatic rings. The Bertz CT molecular complexity index is 731. The lowest BCUT2D eigenvalue weighted by Crippen LogP contribution is -2.41. The molecule has 4 heteroatoms. The molecule has 37 heavy (non-hydrogen) atoms. The second-order valence-electron chi connectivity index (χ2n) is 13.4. The lowest BCUT2D eigenvalue weighted by atomic mass is 9.59. The van der Waals surface area contributed by atoms with E-state index in [1.54, 1.807) is 4.90 Å². The second-order valence-corrected chi connectivity index (χ2v) is 13.4. The molecule has 0 atom stereocenters. The maximum absolute atomic E-state index is 13.7. The van der Waals surface area contributed by atoms with Crippen LogP contribution in [0.2, 0.25) is 5.31 Å². The van der Waals surface area contributed by atoms with E-state index in [1.165, 1.54) is 109 Å². The van der Waals surface area contributed by atoms with Crippen molar-refractivity contribution in [3.8, 4) is 0 Å². The largest absolute Gasteiger partial charge is 0.274 e. The fraction of sp³-hybridized carbons (Fsp3) is 0.879. The van der Waals surface area contributed by atoms with Gasteiger partial charge in [-0.25, -0.2) is 0 Å². The zero-order valence-electron chi connectivity index (χ0n) is 24.5. The predicted octanol–water partition coefficient (Wildman–Crippen LogP) is 9.39. The van der Waals surface area contributed by atoms with Crippen molar-refractivity contribution in [2.45, 2.75) is 173 Å². The van der Waals surface area contributed by atoms with E-state index >= 15 is 0 Å². The van der Waals surface area contributed by atoms with Gasteiger partial charge in [-0.2, -0.15) is 0 Å². The highest BCUT2D eigenvalue weighted by atomic mass is 16.2. The number of carbonyl (C=O) groups is 2. The number of carbonyl (C=O) groups excluding carboxylic acids is 2. The van der Waals surface area contributed by atoms with E-state index in [4.69, 9.17) is 7.85 Å². The molecule has 0 aromatic rings. The van der Waals surface area contributed by atoms with Crippen molar-refractivity contribution < 1.29 is 9.59 Å². The molecule has 1 aliphatic heterocycles.